The van der Waals surface area contributed by atoms with Gasteiger partial charge in [0.15, 0.2) is 29.1 Å². The van der Waals surface area contributed by atoms with E-state index in [0.29, 0.717) is 50.8 Å². The van der Waals surface area contributed by atoms with E-state index in [-0.39, 0.29) is 0 Å². The SMILES string of the molecule is c1ncc2nc(-c3cnc4[nH]c(-c5cc6ocnc6cn5)nc4c3)[nH]c2n1. The van der Waals surface area contributed by atoms with Crippen molar-refractivity contribution >= 4 is 33.4 Å². The van der Waals surface area contributed by atoms with Crippen LogP contribution < -0.4 is 0 Å². The minimum atomic E-state index is 0.600. The fourth-order valence-corrected chi connectivity index (χ4v) is 2.93. The standard InChI is InChI=1S/C17H9N9O/c1-8(14-24-12-4-18-6-21-16(12)25-14)3-20-15-10(1)23-17(26-15)9-2-13-11(5-19-9)22-7-27-13/h1-7H,(H,20,23,26)(H,18,21,24,25). The summed E-state index contributed by atoms with van der Waals surface area (Å²) < 4.78 is 5.33. The number of hydrogen-bond donors (Lipinski definition) is 2. The zero-order chi connectivity index (χ0) is 17.8. The van der Waals surface area contributed by atoms with Crippen molar-refractivity contribution in [1.82, 2.24) is 44.9 Å². The lowest BCUT2D eigenvalue weighted by molar-refractivity contribution is 0.602. The molecule has 0 spiro atoms. The number of aromatic amines is 2. The maximum absolute atomic E-state index is 5.33. The Morgan fingerprint density at radius 3 is 2.59 bits per heavy atom. The van der Waals surface area contributed by atoms with Crippen molar-refractivity contribution in [3.63, 3.8) is 0 Å². The molecule has 6 aromatic rings. The van der Waals surface area contributed by atoms with Crippen molar-refractivity contribution < 1.29 is 4.42 Å². The van der Waals surface area contributed by atoms with Gasteiger partial charge in [-0.25, -0.2) is 29.9 Å². The number of rotatable bonds is 2. The quantitative estimate of drug-likeness (QED) is 0.483. The molecule has 10 nitrogen and oxygen atoms in total. The molecule has 0 fully saturated rings. The Balaban J connectivity index is 1.46. The van der Waals surface area contributed by atoms with Crippen LogP contribution in [-0.4, -0.2) is 44.9 Å². The first-order valence-electron chi connectivity index (χ1n) is 8.05. The van der Waals surface area contributed by atoms with Crippen LogP contribution in [0.1, 0.15) is 0 Å². The number of H-pyrrole nitrogens is 2. The summed E-state index contributed by atoms with van der Waals surface area (Å²) in [6.45, 7) is 0. The van der Waals surface area contributed by atoms with Crippen LogP contribution in [0.15, 0.2) is 47.9 Å². The molecule has 0 aromatic carbocycles. The molecule has 0 aliphatic rings. The van der Waals surface area contributed by atoms with Gasteiger partial charge in [0, 0.05) is 17.8 Å². The van der Waals surface area contributed by atoms with Gasteiger partial charge in [0.25, 0.3) is 0 Å². The van der Waals surface area contributed by atoms with E-state index in [1.54, 1.807) is 24.7 Å². The number of aromatic nitrogens is 9. The predicted molar refractivity (Wildman–Crippen MR) is 95.4 cm³/mol. The van der Waals surface area contributed by atoms with Crippen molar-refractivity contribution in [3.8, 4) is 22.9 Å². The molecule has 2 N–H and O–H groups in total. The van der Waals surface area contributed by atoms with Crippen LogP contribution in [0, 0.1) is 0 Å². The monoisotopic (exact) mass is 355 g/mol. The van der Waals surface area contributed by atoms with Crippen molar-refractivity contribution in [2.45, 2.75) is 0 Å². The average molecular weight is 355 g/mol. The molecule has 27 heavy (non-hydrogen) atoms. The highest BCUT2D eigenvalue weighted by Crippen LogP contribution is 2.24. The van der Waals surface area contributed by atoms with Crippen LogP contribution in [-0.2, 0) is 0 Å². The molecule has 0 unspecified atom stereocenters. The van der Waals surface area contributed by atoms with Crippen LogP contribution in [0.4, 0.5) is 0 Å². The van der Waals surface area contributed by atoms with Crippen LogP contribution >= 0.6 is 0 Å². The third-order valence-electron chi connectivity index (χ3n) is 4.23. The summed E-state index contributed by atoms with van der Waals surface area (Å²) in [5.41, 5.74) is 5.53. The van der Waals surface area contributed by atoms with E-state index in [9.17, 15) is 0 Å². The number of oxazole rings is 1. The topological polar surface area (TPSA) is 135 Å². The summed E-state index contributed by atoms with van der Waals surface area (Å²) in [6, 6.07) is 3.69. The van der Waals surface area contributed by atoms with E-state index < -0.39 is 0 Å². The Morgan fingerprint density at radius 2 is 1.63 bits per heavy atom. The molecule has 0 aliphatic heterocycles. The van der Waals surface area contributed by atoms with Crippen molar-refractivity contribution in [1.29, 1.82) is 0 Å². The molecule has 0 atom stereocenters. The Kier molecular flexibility index (Phi) is 2.67. The summed E-state index contributed by atoms with van der Waals surface area (Å²) in [4.78, 5) is 36.5. The fraction of sp³-hybridized carbons (Fsp3) is 0. The second-order valence-corrected chi connectivity index (χ2v) is 5.91. The maximum Gasteiger partial charge on any atom is 0.182 e. The predicted octanol–water partition coefficient (Wildman–Crippen LogP) is 2.49. The lowest BCUT2D eigenvalue weighted by Crippen LogP contribution is -1.85. The molecule has 10 heteroatoms. The molecule has 0 radical (unpaired) electrons. The molecule has 6 rings (SSSR count). The Hall–Kier alpha value is -4.21. The molecule has 6 heterocycles. The van der Waals surface area contributed by atoms with Crippen LogP contribution in [0.25, 0.3) is 56.3 Å². The third-order valence-corrected chi connectivity index (χ3v) is 4.23. The zero-order valence-corrected chi connectivity index (χ0v) is 13.6. The summed E-state index contributed by atoms with van der Waals surface area (Å²) >= 11 is 0. The largest absolute Gasteiger partial charge is 0.443 e. The average Bonchev–Trinajstić information content (AvgIpc) is 3.42. The van der Waals surface area contributed by atoms with Gasteiger partial charge in [0.1, 0.15) is 34.4 Å². The molecule has 0 saturated heterocycles. The highest BCUT2D eigenvalue weighted by Gasteiger charge is 2.12. The first-order valence-corrected chi connectivity index (χ1v) is 8.05. The van der Waals surface area contributed by atoms with Crippen molar-refractivity contribution in [2.75, 3.05) is 0 Å². The Labute approximate surface area is 149 Å². The first kappa shape index (κ1) is 14.0. The van der Waals surface area contributed by atoms with Crippen LogP contribution in [0.3, 0.4) is 0 Å². The van der Waals surface area contributed by atoms with Gasteiger partial charge in [-0.1, -0.05) is 0 Å². The minimum absolute atomic E-state index is 0.600. The van der Waals surface area contributed by atoms with Gasteiger partial charge in [0.2, 0.25) is 0 Å². The lowest BCUT2D eigenvalue weighted by atomic mass is 10.2. The lowest BCUT2D eigenvalue weighted by Gasteiger charge is -1.94. The smallest absolute Gasteiger partial charge is 0.182 e. The second-order valence-electron chi connectivity index (χ2n) is 5.91. The molecule has 6 aromatic heterocycles. The molecule has 0 aliphatic carbocycles. The highest BCUT2D eigenvalue weighted by atomic mass is 16.3. The van der Waals surface area contributed by atoms with Gasteiger partial charge in [-0.05, 0) is 6.07 Å². The zero-order valence-electron chi connectivity index (χ0n) is 13.6. The van der Waals surface area contributed by atoms with Gasteiger partial charge in [-0.15, -0.1) is 0 Å². The number of nitrogens with zero attached hydrogens (tertiary/aromatic N) is 7. The van der Waals surface area contributed by atoms with E-state index in [2.05, 4.69) is 44.9 Å². The van der Waals surface area contributed by atoms with Gasteiger partial charge in [-0.2, -0.15) is 0 Å². The second kappa shape index (κ2) is 5.14. The molecule has 0 bridgehead atoms. The highest BCUT2D eigenvalue weighted by molar-refractivity contribution is 5.82. The molecule has 128 valence electrons. The number of fused-ring (bicyclic) bond motifs is 3. The summed E-state index contributed by atoms with van der Waals surface area (Å²) in [7, 11) is 0. The minimum Gasteiger partial charge on any atom is -0.443 e. The van der Waals surface area contributed by atoms with E-state index >= 15 is 0 Å². The number of nitrogens with one attached hydrogen (secondary N) is 2. The van der Waals surface area contributed by atoms with E-state index in [1.807, 2.05) is 6.07 Å². The van der Waals surface area contributed by atoms with Gasteiger partial charge in [0.05, 0.1) is 12.4 Å². The molecule has 0 saturated carbocycles. The number of hydrogen-bond acceptors (Lipinski definition) is 8. The number of imidazole rings is 2. The maximum atomic E-state index is 5.33. The van der Waals surface area contributed by atoms with Crippen LogP contribution in [0.5, 0.6) is 0 Å². The van der Waals surface area contributed by atoms with E-state index in [0.717, 1.165) is 5.56 Å². The van der Waals surface area contributed by atoms with Gasteiger partial charge in [-0.3, -0.25) is 4.98 Å². The number of pyridine rings is 2. The van der Waals surface area contributed by atoms with E-state index in [4.69, 9.17) is 4.42 Å². The Morgan fingerprint density at radius 1 is 0.741 bits per heavy atom. The molecular weight excluding hydrogens is 346 g/mol. The van der Waals surface area contributed by atoms with Crippen LogP contribution in [0.2, 0.25) is 0 Å². The summed E-state index contributed by atoms with van der Waals surface area (Å²) in [5.74, 6) is 1.26. The third kappa shape index (κ3) is 2.16. The van der Waals surface area contributed by atoms with Crippen molar-refractivity contribution in [2.24, 2.45) is 0 Å². The molecular formula is C17H9N9O. The normalized spacial score (nSPS) is 11.7. The molecule has 0 amide bonds. The fourth-order valence-electron chi connectivity index (χ4n) is 2.93. The summed E-state index contributed by atoms with van der Waals surface area (Å²) in [6.07, 6.45) is 7.90. The van der Waals surface area contributed by atoms with Crippen molar-refractivity contribution in [3.05, 3.63) is 43.4 Å². The first-order chi connectivity index (χ1) is 13.3. The Bertz CT molecular complexity index is 1410. The van der Waals surface area contributed by atoms with Gasteiger partial charge < -0.3 is 14.4 Å². The van der Waals surface area contributed by atoms with Gasteiger partial charge >= 0.3 is 0 Å². The summed E-state index contributed by atoms with van der Waals surface area (Å²) in [5, 5.41) is 0. The van der Waals surface area contributed by atoms with E-state index in [1.165, 1.54) is 12.7 Å².